The summed E-state index contributed by atoms with van der Waals surface area (Å²) in [6, 6.07) is 0. The average molecular weight is 704 g/mol. The van der Waals surface area contributed by atoms with E-state index < -0.39 is 0 Å². The van der Waals surface area contributed by atoms with E-state index in [0.717, 1.165) is 0 Å². The van der Waals surface area contributed by atoms with Gasteiger partial charge in [-0.25, -0.2) is 0 Å². The Labute approximate surface area is 136 Å². The van der Waals surface area contributed by atoms with E-state index in [4.69, 9.17) is 0 Å². The zero-order valence-electron chi connectivity index (χ0n) is 2.04. The minimum absolute atomic E-state index is 0. The van der Waals surface area contributed by atoms with E-state index in [1.807, 2.05) is 0 Å². The van der Waals surface area contributed by atoms with Crippen molar-refractivity contribution >= 4 is 0 Å². The van der Waals surface area contributed by atoms with Crippen molar-refractivity contribution in [2.45, 2.75) is 0 Å². The van der Waals surface area contributed by atoms with Crippen LogP contribution >= 0.6 is 0 Å². The molecule has 0 rings (SSSR count). The Hall–Kier alpha value is 4.41. The second kappa shape index (κ2) is 34.2. The normalized spacial score (nSPS) is 0. The zero-order valence-corrected chi connectivity index (χ0v) is 13.0. The fourth-order valence-electron chi connectivity index (χ4n) is 0. The van der Waals surface area contributed by atoms with Gasteiger partial charge in [0, 0.05) is 0 Å². The zero-order chi connectivity index (χ0) is 0. The van der Waals surface area contributed by atoms with E-state index in [9.17, 15) is 0 Å². The van der Waals surface area contributed by atoms with Crippen LogP contribution in [0.2, 0.25) is 0 Å². The standard InChI is InChI=1S/3Ag.3HI/h;;;3*1H/q3*+1;;;/p-3. The predicted molar refractivity (Wildman–Crippen MR) is 0 cm³/mol. The van der Waals surface area contributed by atoms with Gasteiger partial charge in [0.05, 0.1) is 0 Å². The third kappa shape index (κ3) is 23.7. The third-order valence-electron chi connectivity index (χ3n) is 0. The predicted octanol–water partition coefficient (Wildman–Crippen LogP) is -9.00. The van der Waals surface area contributed by atoms with Crippen molar-refractivity contribution < 1.29 is 139 Å². The van der Waals surface area contributed by atoms with Crippen LogP contribution in [-0.2, 0) is 67.1 Å². The van der Waals surface area contributed by atoms with Gasteiger partial charge in [0.2, 0.25) is 0 Å². The molecule has 6 heavy (non-hydrogen) atoms. The quantitative estimate of drug-likeness (QED) is 0.174. The van der Waals surface area contributed by atoms with Crippen LogP contribution in [-0.4, -0.2) is 0 Å². The SMILES string of the molecule is [Ag+].[Ag+].[Ag+].[I-].[I-].[I-]. The van der Waals surface area contributed by atoms with E-state index in [1.165, 1.54) is 0 Å². The van der Waals surface area contributed by atoms with Crippen molar-refractivity contribution in [3.05, 3.63) is 0 Å². The van der Waals surface area contributed by atoms with E-state index >= 15 is 0 Å². The number of rotatable bonds is 0. The maximum absolute atomic E-state index is 0. The van der Waals surface area contributed by atoms with Gasteiger partial charge in [-0.1, -0.05) is 0 Å². The Kier molecular flexibility index (Phi) is 270. The second-order valence-electron chi connectivity index (χ2n) is 0. The summed E-state index contributed by atoms with van der Waals surface area (Å²) < 4.78 is 0. The first-order chi connectivity index (χ1) is 0. The largest absolute Gasteiger partial charge is 1.00 e. The molecule has 0 saturated carbocycles. The van der Waals surface area contributed by atoms with E-state index in [2.05, 4.69) is 0 Å². The summed E-state index contributed by atoms with van der Waals surface area (Å²) in [6.45, 7) is 0. The Morgan fingerprint density at radius 1 is 0.333 bits per heavy atom. The maximum atomic E-state index is 0. The van der Waals surface area contributed by atoms with Gasteiger partial charge >= 0.3 is 67.1 Å². The van der Waals surface area contributed by atoms with Gasteiger partial charge in [0.1, 0.15) is 0 Å². The van der Waals surface area contributed by atoms with Crippen LogP contribution in [0, 0.1) is 0 Å². The molecule has 54 valence electrons. The molecular formula is Ag3I3. The summed E-state index contributed by atoms with van der Waals surface area (Å²) in [6.07, 6.45) is 0. The molecule has 0 saturated heterocycles. The van der Waals surface area contributed by atoms with Gasteiger partial charge in [0.25, 0.3) is 0 Å². The van der Waals surface area contributed by atoms with Crippen LogP contribution in [0.3, 0.4) is 0 Å². The van der Waals surface area contributed by atoms with Crippen LogP contribution < -0.4 is 71.9 Å². The van der Waals surface area contributed by atoms with Crippen molar-refractivity contribution in [2.24, 2.45) is 0 Å². The first kappa shape index (κ1) is 47.4. The first-order valence-electron chi connectivity index (χ1n) is 0. The molecule has 0 unspecified atom stereocenters. The average Bonchev–Trinajstić information content (AvgIpc) is 0. The molecule has 0 aromatic heterocycles. The maximum Gasteiger partial charge on any atom is 1.00 e. The van der Waals surface area contributed by atoms with E-state index in [-0.39, 0.29) is 139 Å². The molecule has 0 aromatic rings. The summed E-state index contributed by atoms with van der Waals surface area (Å²) >= 11 is 0. The molecule has 0 heterocycles. The fourth-order valence-corrected chi connectivity index (χ4v) is 0. The van der Waals surface area contributed by atoms with Crippen molar-refractivity contribution in [3.8, 4) is 0 Å². The molecule has 0 aromatic carbocycles. The molecule has 0 spiro atoms. The summed E-state index contributed by atoms with van der Waals surface area (Å²) in [5.74, 6) is 0. The van der Waals surface area contributed by atoms with Gasteiger partial charge in [-0.3, -0.25) is 0 Å². The molecule has 0 atom stereocenters. The Balaban J connectivity index is 0. The van der Waals surface area contributed by atoms with Crippen molar-refractivity contribution in [3.63, 3.8) is 0 Å². The Morgan fingerprint density at radius 3 is 0.333 bits per heavy atom. The van der Waals surface area contributed by atoms with Crippen molar-refractivity contribution in [1.29, 1.82) is 0 Å². The van der Waals surface area contributed by atoms with Gasteiger partial charge in [-0.2, -0.15) is 0 Å². The number of hydrogen-bond acceptors (Lipinski definition) is 0. The molecule has 6 heteroatoms. The molecule has 0 bridgehead atoms. The van der Waals surface area contributed by atoms with Crippen LogP contribution in [0.15, 0.2) is 0 Å². The van der Waals surface area contributed by atoms with Crippen LogP contribution in [0.5, 0.6) is 0 Å². The molecule has 0 aliphatic heterocycles. The number of hydrogen-bond donors (Lipinski definition) is 0. The van der Waals surface area contributed by atoms with Crippen LogP contribution in [0.1, 0.15) is 0 Å². The summed E-state index contributed by atoms with van der Waals surface area (Å²) in [5.41, 5.74) is 0. The fraction of sp³-hybridized carbons (Fsp3) is 0. The molecule has 0 nitrogen and oxygen atoms in total. The molecular weight excluding hydrogens is 704 g/mol. The summed E-state index contributed by atoms with van der Waals surface area (Å²) in [7, 11) is 0. The van der Waals surface area contributed by atoms with Gasteiger partial charge in [-0.15, -0.1) is 0 Å². The van der Waals surface area contributed by atoms with Gasteiger partial charge < -0.3 is 71.9 Å². The minimum atomic E-state index is 0. The van der Waals surface area contributed by atoms with E-state index in [0.29, 0.717) is 0 Å². The molecule has 0 fully saturated rings. The minimum Gasteiger partial charge on any atom is -1.00 e. The molecule has 0 N–H and O–H groups in total. The van der Waals surface area contributed by atoms with Crippen molar-refractivity contribution in [2.75, 3.05) is 0 Å². The van der Waals surface area contributed by atoms with Crippen molar-refractivity contribution in [1.82, 2.24) is 0 Å². The second-order valence-corrected chi connectivity index (χ2v) is 0. The van der Waals surface area contributed by atoms with E-state index in [1.54, 1.807) is 0 Å². The third-order valence-corrected chi connectivity index (χ3v) is 0. The Bertz CT molecular complexity index is 6.00. The first-order valence-corrected chi connectivity index (χ1v) is 0. The Morgan fingerprint density at radius 2 is 0.333 bits per heavy atom. The van der Waals surface area contributed by atoms with Crippen LogP contribution in [0.4, 0.5) is 0 Å². The summed E-state index contributed by atoms with van der Waals surface area (Å²) in [4.78, 5) is 0. The molecule has 0 radical (unpaired) electrons. The van der Waals surface area contributed by atoms with Gasteiger partial charge in [0.15, 0.2) is 0 Å². The topological polar surface area (TPSA) is 0 Å². The monoisotopic (exact) mass is 701 g/mol. The van der Waals surface area contributed by atoms with Crippen LogP contribution in [0.25, 0.3) is 0 Å². The number of halogens is 3. The molecule has 0 aliphatic carbocycles. The molecule has 0 amide bonds. The molecule has 0 aliphatic rings. The summed E-state index contributed by atoms with van der Waals surface area (Å²) in [5, 5.41) is 0. The smallest absolute Gasteiger partial charge is 1.00 e. The van der Waals surface area contributed by atoms with Gasteiger partial charge in [-0.05, 0) is 0 Å².